The number of allylic oxidation sites excluding steroid dienone is 1. The Morgan fingerprint density at radius 1 is 1.43 bits per heavy atom. The number of aromatic nitrogens is 1. The van der Waals surface area contributed by atoms with Crippen LogP contribution >= 0.6 is 11.6 Å². The fraction of sp³-hybridized carbons (Fsp3) is 0.308. The Kier molecular flexibility index (Phi) is 4.43. The minimum atomic E-state index is -3.31. The number of halogens is 1. The topological polar surface area (TPSA) is 88.5 Å². The number of hydrogen-bond acceptors (Lipinski definition) is 6. The Labute approximate surface area is 127 Å². The summed E-state index contributed by atoms with van der Waals surface area (Å²) < 4.78 is 22.7. The normalized spacial score (nSPS) is 21.1. The molecule has 0 bridgehead atoms. The fourth-order valence-electron chi connectivity index (χ4n) is 1.80. The van der Waals surface area contributed by atoms with Crippen molar-refractivity contribution in [1.29, 1.82) is 0 Å². The third-order valence-electron chi connectivity index (χ3n) is 2.94. The summed E-state index contributed by atoms with van der Waals surface area (Å²) in [5, 5.41) is 3.20. The van der Waals surface area contributed by atoms with Crippen LogP contribution in [-0.4, -0.2) is 37.2 Å². The number of rotatable bonds is 3. The van der Waals surface area contributed by atoms with Gasteiger partial charge in [-0.3, -0.25) is 4.79 Å². The lowest BCUT2D eigenvalue weighted by atomic mass is 10.0. The van der Waals surface area contributed by atoms with Crippen molar-refractivity contribution in [3.63, 3.8) is 0 Å². The van der Waals surface area contributed by atoms with E-state index in [2.05, 4.69) is 15.3 Å². The lowest BCUT2D eigenvalue weighted by Gasteiger charge is -2.20. The van der Waals surface area contributed by atoms with E-state index in [-0.39, 0.29) is 22.2 Å². The highest BCUT2D eigenvalue weighted by Crippen LogP contribution is 2.16. The smallest absolute Gasteiger partial charge is 0.203 e. The van der Waals surface area contributed by atoms with Crippen LogP contribution in [0.5, 0.6) is 0 Å². The molecule has 1 N–H and O–H groups in total. The highest BCUT2D eigenvalue weighted by molar-refractivity contribution is 7.90. The molecule has 1 atom stereocenters. The lowest BCUT2D eigenvalue weighted by molar-refractivity contribution is -0.114. The number of carbonyl (C=O) groups excluding carboxylic acids is 1. The molecule has 112 valence electrons. The Morgan fingerprint density at radius 2 is 2.14 bits per heavy atom. The molecule has 0 aliphatic carbocycles. The van der Waals surface area contributed by atoms with E-state index in [1.165, 1.54) is 24.4 Å². The summed E-state index contributed by atoms with van der Waals surface area (Å²) in [6.45, 7) is 1.86. The van der Waals surface area contributed by atoms with E-state index in [9.17, 15) is 13.2 Å². The molecule has 0 aromatic carbocycles. The van der Waals surface area contributed by atoms with Gasteiger partial charge in [0.1, 0.15) is 10.9 Å². The van der Waals surface area contributed by atoms with Gasteiger partial charge in [0, 0.05) is 18.5 Å². The molecule has 0 fully saturated rings. The van der Waals surface area contributed by atoms with E-state index in [0.29, 0.717) is 11.6 Å². The quantitative estimate of drug-likeness (QED) is 0.852. The van der Waals surface area contributed by atoms with Crippen molar-refractivity contribution in [2.24, 2.45) is 4.99 Å². The number of aliphatic imine (C=N–C) groups is 1. The average molecular weight is 328 g/mol. The molecular formula is C13H14ClN3O3S. The molecule has 1 aliphatic rings. The molecule has 1 aliphatic heterocycles. The molecule has 0 amide bonds. The molecule has 21 heavy (non-hydrogen) atoms. The predicted molar refractivity (Wildman–Crippen MR) is 80.6 cm³/mol. The van der Waals surface area contributed by atoms with Crippen LogP contribution in [0, 0.1) is 0 Å². The van der Waals surface area contributed by atoms with Gasteiger partial charge in [-0.15, -0.1) is 0 Å². The Balaban J connectivity index is 2.35. The summed E-state index contributed by atoms with van der Waals surface area (Å²) in [6.07, 6.45) is 4.33. The van der Waals surface area contributed by atoms with Crippen molar-refractivity contribution in [2.75, 3.05) is 6.26 Å². The third-order valence-corrected chi connectivity index (χ3v) is 4.25. The van der Waals surface area contributed by atoms with Gasteiger partial charge in [-0.05, 0) is 18.6 Å². The number of ketones is 1. The molecule has 1 aromatic rings. The number of carbonyl (C=O) groups is 1. The van der Waals surface area contributed by atoms with Gasteiger partial charge in [0.15, 0.2) is 15.7 Å². The van der Waals surface area contributed by atoms with Crippen LogP contribution in [0.15, 0.2) is 39.4 Å². The Morgan fingerprint density at radius 3 is 2.67 bits per heavy atom. The van der Waals surface area contributed by atoms with Gasteiger partial charge < -0.3 is 5.32 Å². The third kappa shape index (κ3) is 3.68. The molecule has 8 heteroatoms. The first-order valence-electron chi connectivity index (χ1n) is 6.24. The summed E-state index contributed by atoms with van der Waals surface area (Å²) in [5.41, 5.74) is 0.199. The summed E-state index contributed by atoms with van der Waals surface area (Å²) >= 11 is 5.92. The molecule has 6 nitrogen and oxygen atoms in total. The van der Waals surface area contributed by atoms with Crippen molar-refractivity contribution < 1.29 is 13.2 Å². The minimum Gasteiger partial charge on any atom is -0.366 e. The average Bonchev–Trinajstić information content (AvgIpc) is 2.42. The van der Waals surface area contributed by atoms with Crippen LogP contribution in [-0.2, 0) is 14.6 Å². The maximum Gasteiger partial charge on any atom is 0.203 e. The molecule has 1 aromatic heterocycles. The number of nitrogens with zero attached hydrogens (tertiary/aromatic N) is 2. The second-order valence-electron chi connectivity index (χ2n) is 4.58. The van der Waals surface area contributed by atoms with Crippen LogP contribution in [0.3, 0.4) is 0 Å². The highest BCUT2D eigenvalue weighted by atomic mass is 35.5. The fourth-order valence-corrected chi connectivity index (χ4v) is 2.59. The number of nitrogens with one attached hydrogen (secondary N) is 1. The maximum atomic E-state index is 12.1. The first-order chi connectivity index (χ1) is 9.81. The summed E-state index contributed by atoms with van der Waals surface area (Å²) in [7, 11) is -3.31. The Bertz CT molecular complexity index is 724. The van der Waals surface area contributed by atoms with E-state index in [0.717, 1.165) is 6.26 Å². The van der Waals surface area contributed by atoms with Crippen molar-refractivity contribution >= 4 is 38.8 Å². The molecule has 0 spiro atoms. The molecule has 0 saturated carbocycles. The van der Waals surface area contributed by atoms with Crippen molar-refractivity contribution in [2.45, 2.75) is 24.3 Å². The molecule has 2 heterocycles. The number of sulfone groups is 1. The molecule has 2 rings (SSSR count). The number of Topliss-reactive ketones (excluding diaryl/α,β-unsaturated/α-hetero) is 1. The molecule has 1 unspecified atom stereocenters. The van der Waals surface area contributed by atoms with E-state index < -0.39 is 15.9 Å². The number of pyridine rings is 1. The van der Waals surface area contributed by atoms with Gasteiger partial charge in [-0.2, -0.15) is 0 Å². The van der Waals surface area contributed by atoms with E-state index in [1.54, 1.807) is 0 Å². The second kappa shape index (κ2) is 5.95. The zero-order chi connectivity index (χ0) is 15.6. The first-order valence-corrected chi connectivity index (χ1v) is 8.51. The van der Waals surface area contributed by atoms with Gasteiger partial charge >= 0.3 is 0 Å². The van der Waals surface area contributed by atoms with Crippen molar-refractivity contribution in [3.8, 4) is 0 Å². The zero-order valence-electron chi connectivity index (χ0n) is 11.5. The highest BCUT2D eigenvalue weighted by Gasteiger charge is 2.25. The second-order valence-corrected chi connectivity index (χ2v) is 7.01. The van der Waals surface area contributed by atoms with Crippen LogP contribution in [0.4, 0.5) is 5.82 Å². The first kappa shape index (κ1) is 15.7. The monoisotopic (exact) mass is 327 g/mol. The largest absolute Gasteiger partial charge is 0.366 e. The van der Waals surface area contributed by atoms with Gasteiger partial charge in [-0.1, -0.05) is 18.5 Å². The number of hydrogen-bond donors (Lipinski definition) is 1. The summed E-state index contributed by atoms with van der Waals surface area (Å²) in [6, 6.07) is 2.44. The van der Waals surface area contributed by atoms with Crippen LogP contribution in [0.25, 0.3) is 0 Å². The molecule has 0 saturated heterocycles. The Hall–Kier alpha value is -1.73. The minimum absolute atomic E-state index is 0.100. The van der Waals surface area contributed by atoms with Crippen LogP contribution < -0.4 is 5.32 Å². The van der Waals surface area contributed by atoms with Crippen LogP contribution in [0.2, 0.25) is 0 Å². The standard InChI is InChI=1S/C13H14ClN3O3S/c1-3-9-13(18)10(6-11(14)16-9)17-12-5-4-8(7-15-12)21(2,19)20/h4-7,9,16H,3H2,1-2H3. The zero-order valence-corrected chi connectivity index (χ0v) is 13.1. The SMILES string of the molecule is CCC1NC(Cl)=CC(=Nc2ccc(S(C)(=O)=O)cn2)C1=O. The van der Waals surface area contributed by atoms with Crippen molar-refractivity contribution in [1.82, 2.24) is 10.3 Å². The van der Waals surface area contributed by atoms with Crippen molar-refractivity contribution in [3.05, 3.63) is 29.6 Å². The molecule has 0 radical (unpaired) electrons. The van der Waals surface area contributed by atoms with E-state index >= 15 is 0 Å². The van der Waals surface area contributed by atoms with E-state index in [4.69, 9.17) is 11.6 Å². The van der Waals surface area contributed by atoms with Gasteiger partial charge in [0.25, 0.3) is 0 Å². The summed E-state index contributed by atoms with van der Waals surface area (Å²) in [5.74, 6) is 0.0825. The van der Waals surface area contributed by atoms with Gasteiger partial charge in [0.05, 0.1) is 10.9 Å². The van der Waals surface area contributed by atoms with Gasteiger partial charge in [0.2, 0.25) is 5.78 Å². The molecular weight excluding hydrogens is 314 g/mol. The predicted octanol–water partition coefficient (Wildman–Crippen LogP) is 1.59. The van der Waals surface area contributed by atoms with Gasteiger partial charge in [-0.25, -0.2) is 18.4 Å². The maximum absolute atomic E-state index is 12.1. The van der Waals surface area contributed by atoms with Crippen LogP contribution in [0.1, 0.15) is 13.3 Å². The summed E-state index contributed by atoms with van der Waals surface area (Å²) in [4.78, 5) is 20.3. The van der Waals surface area contributed by atoms with E-state index in [1.807, 2.05) is 6.92 Å². The lowest BCUT2D eigenvalue weighted by Crippen LogP contribution is -2.42.